The summed E-state index contributed by atoms with van der Waals surface area (Å²) < 4.78 is 17.8. The van der Waals surface area contributed by atoms with E-state index >= 15 is 0 Å². The molecule has 8 heteroatoms. The summed E-state index contributed by atoms with van der Waals surface area (Å²) in [4.78, 5) is 30.0. The Morgan fingerprint density at radius 2 is 1.78 bits per heavy atom. The predicted molar refractivity (Wildman–Crippen MR) is 138 cm³/mol. The van der Waals surface area contributed by atoms with Gasteiger partial charge in [0.2, 0.25) is 5.91 Å². The Hall–Kier alpha value is -2.42. The van der Waals surface area contributed by atoms with Crippen molar-refractivity contribution in [3.05, 3.63) is 41.6 Å². The van der Waals surface area contributed by atoms with E-state index < -0.39 is 6.04 Å². The van der Waals surface area contributed by atoms with Gasteiger partial charge in [-0.15, -0.1) is 0 Å². The molecule has 8 nitrogen and oxygen atoms in total. The van der Waals surface area contributed by atoms with E-state index in [1.165, 1.54) is 0 Å². The van der Waals surface area contributed by atoms with Crippen LogP contribution in [0.5, 0.6) is 5.75 Å². The molecule has 1 saturated carbocycles. The summed E-state index contributed by atoms with van der Waals surface area (Å²) in [6.07, 6.45) is 4.71. The van der Waals surface area contributed by atoms with Crippen molar-refractivity contribution in [1.29, 1.82) is 0 Å². The normalized spacial score (nSPS) is 30.1. The number of benzene rings is 1. The maximum Gasteiger partial charge on any atom is 0.255 e. The third-order valence-corrected chi connectivity index (χ3v) is 8.75. The summed E-state index contributed by atoms with van der Waals surface area (Å²) in [5.74, 6) is 0.591. The lowest BCUT2D eigenvalue weighted by molar-refractivity contribution is -0.151. The van der Waals surface area contributed by atoms with Crippen molar-refractivity contribution in [3.8, 4) is 5.75 Å². The number of nitrogens with zero attached hydrogens (tertiary/aromatic N) is 2. The van der Waals surface area contributed by atoms with Crippen molar-refractivity contribution >= 4 is 11.8 Å². The van der Waals surface area contributed by atoms with Crippen molar-refractivity contribution in [2.24, 2.45) is 10.8 Å². The zero-order valence-electron chi connectivity index (χ0n) is 22.1. The Balaban J connectivity index is 1.16. The largest absolute Gasteiger partial charge is 0.489 e. The highest BCUT2D eigenvalue weighted by atomic mass is 16.5. The zero-order chi connectivity index (χ0) is 25.8. The van der Waals surface area contributed by atoms with Gasteiger partial charge in [0.05, 0.1) is 26.4 Å². The van der Waals surface area contributed by atoms with Gasteiger partial charge in [-0.3, -0.25) is 14.5 Å². The Morgan fingerprint density at radius 3 is 2.41 bits per heavy atom. The van der Waals surface area contributed by atoms with Crippen molar-refractivity contribution in [3.63, 3.8) is 0 Å². The van der Waals surface area contributed by atoms with E-state index in [-0.39, 0.29) is 28.7 Å². The molecule has 1 aliphatic carbocycles. The van der Waals surface area contributed by atoms with Crippen LogP contribution in [0, 0.1) is 10.8 Å². The molecule has 1 aromatic carbocycles. The van der Waals surface area contributed by atoms with E-state index in [0.717, 1.165) is 75.8 Å². The number of nitrogens with one attached hydrogen (secondary N) is 1. The molecule has 6 rings (SSSR count). The number of carbonyl (C=O) groups excluding carboxylic acids is 2. The van der Waals surface area contributed by atoms with Crippen LogP contribution >= 0.6 is 0 Å². The van der Waals surface area contributed by atoms with Crippen LogP contribution in [0.3, 0.4) is 0 Å². The average Bonchev–Trinajstić information content (AvgIpc) is 3.41. The lowest BCUT2D eigenvalue weighted by Crippen LogP contribution is -2.58. The van der Waals surface area contributed by atoms with Gasteiger partial charge in [-0.2, -0.15) is 0 Å². The molecule has 4 aliphatic heterocycles. The number of carbonyl (C=O) groups is 2. The van der Waals surface area contributed by atoms with Gasteiger partial charge < -0.3 is 24.4 Å². The molecule has 5 aliphatic rings. The molecule has 0 spiro atoms. The smallest absolute Gasteiger partial charge is 0.255 e. The lowest BCUT2D eigenvalue weighted by Gasteiger charge is -2.49. The van der Waals surface area contributed by atoms with Crippen LogP contribution in [-0.2, 0) is 20.8 Å². The first-order valence-electron chi connectivity index (χ1n) is 13.7. The molecule has 200 valence electrons. The second-order valence-corrected chi connectivity index (χ2v) is 12.6. The molecule has 2 amide bonds. The molecule has 0 radical (unpaired) electrons. The second-order valence-electron chi connectivity index (χ2n) is 12.6. The van der Waals surface area contributed by atoms with Crippen molar-refractivity contribution in [2.45, 2.75) is 70.7 Å². The zero-order valence-corrected chi connectivity index (χ0v) is 22.1. The summed E-state index contributed by atoms with van der Waals surface area (Å²) in [6, 6.07) is 5.70. The third-order valence-electron chi connectivity index (χ3n) is 8.75. The predicted octanol–water partition coefficient (Wildman–Crippen LogP) is 3.11. The molecule has 1 unspecified atom stereocenters. The highest BCUT2D eigenvalue weighted by molar-refractivity contribution is 6.01. The van der Waals surface area contributed by atoms with Crippen molar-refractivity contribution < 1.29 is 23.8 Å². The van der Waals surface area contributed by atoms with Crippen LogP contribution in [0.1, 0.15) is 61.9 Å². The molecule has 0 bridgehead atoms. The fourth-order valence-electron chi connectivity index (χ4n) is 6.70. The van der Waals surface area contributed by atoms with Crippen LogP contribution in [0.25, 0.3) is 0 Å². The van der Waals surface area contributed by atoms with Gasteiger partial charge in [0.15, 0.2) is 0 Å². The maximum absolute atomic E-state index is 13.1. The number of fused-ring (bicyclic) bond motifs is 1. The topological polar surface area (TPSA) is 80.3 Å². The van der Waals surface area contributed by atoms with Gasteiger partial charge in [0.1, 0.15) is 17.9 Å². The van der Waals surface area contributed by atoms with E-state index in [4.69, 9.17) is 14.2 Å². The van der Waals surface area contributed by atoms with E-state index in [0.29, 0.717) is 31.0 Å². The van der Waals surface area contributed by atoms with E-state index in [1.54, 1.807) is 4.90 Å². The fraction of sp³-hybridized carbons (Fsp3) is 0.655. The van der Waals surface area contributed by atoms with E-state index in [1.807, 2.05) is 18.2 Å². The Kier molecular flexibility index (Phi) is 6.32. The second kappa shape index (κ2) is 9.40. The van der Waals surface area contributed by atoms with Gasteiger partial charge in [-0.05, 0) is 55.9 Å². The Labute approximate surface area is 219 Å². The quantitative estimate of drug-likeness (QED) is 0.580. The molecule has 3 atom stereocenters. The molecule has 4 heterocycles. The lowest BCUT2D eigenvalue weighted by atomic mass is 9.83. The van der Waals surface area contributed by atoms with Crippen LogP contribution < -0.4 is 10.1 Å². The SMILES string of the molecule is C=C1CCC(N2Cc3cc(O[C@@H]4CCC[C@H]4N(CC4(C)COC4)CC4(C)COC4)ccc3C2=O)C(=O)N1. The first-order chi connectivity index (χ1) is 17.7. The highest BCUT2D eigenvalue weighted by Gasteiger charge is 2.45. The number of hydrogen-bond acceptors (Lipinski definition) is 6. The first kappa shape index (κ1) is 24.9. The summed E-state index contributed by atoms with van der Waals surface area (Å²) >= 11 is 0. The van der Waals surface area contributed by atoms with Crippen LogP contribution in [0.4, 0.5) is 0 Å². The van der Waals surface area contributed by atoms with Crippen LogP contribution in [0.15, 0.2) is 30.5 Å². The Bertz CT molecular complexity index is 1070. The number of allylic oxidation sites excluding steroid dienone is 1. The summed E-state index contributed by atoms with van der Waals surface area (Å²) in [6.45, 7) is 14.2. The standard InChI is InChI=1S/C29H39N3O5/c1-19-7-10-24(26(33)30-19)32-12-20-11-21(8-9-22(20)27(32)34)37-25-6-4-5-23(25)31(13-28(2)15-35-16-28)14-29(3)17-36-18-29/h8-9,11,23-25H,1,4-7,10,12-18H2,2-3H3,(H,30,33)/t23-,24?,25-/m1/s1. The number of ether oxygens (including phenoxy) is 3. The molecular formula is C29H39N3O5. The molecule has 3 saturated heterocycles. The summed E-state index contributed by atoms with van der Waals surface area (Å²) in [5.41, 5.74) is 2.72. The van der Waals surface area contributed by atoms with E-state index in [2.05, 4.69) is 30.6 Å². The number of amides is 2. The molecule has 1 N–H and O–H groups in total. The third kappa shape index (κ3) is 4.79. The van der Waals surface area contributed by atoms with Gasteiger partial charge >= 0.3 is 0 Å². The summed E-state index contributed by atoms with van der Waals surface area (Å²) in [5, 5.41) is 2.81. The minimum Gasteiger partial charge on any atom is -0.489 e. The molecule has 37 heavy (non-hydrogen) atoms. The van der Waals surface area contributed by atoms with Crippen molar-refractivity contribution in [1.82, 2.24) is 15.1 Å². The van der Waals surface area contributed by atoms with Crippen molar-refractivity contribution in [2.75, 3.05) is 39.5 Å². The van der Waals surface area contributed by atoms with E-state index in [9.17, 15) is 9.59 Å². The van der Waals surface area contributed by atoms with Gasteiger partial charge in [-0.25, -0.2) is 0 Å². The summed E-state index contributed by atoms with van der Waals surface area (Å²) in [7, 11) is 0. The first-order valence-corrected chi connectivity index (χ1v) is 13.7. The van der Waals surface area contributed by atoms with Gasteiger partial charge in [0, 0.05) is 47.8 Å². The molecule has 1 aromatic rings. The van der Waals surface area contributed by atoms with Gasteiger partial charge in [0.25, 0.3) is 5.91 Å². The molecule has 4 fully saturated rings. The minimum atomic E-state index is -0.448. The maximum atomic E-state index is 13.1. The highest BCUT2D eigenvalue weighted by Crippen LogP contribution is 2.38. The monoisotopic (exact) mass is 509 g/mol. The van der Waals surface area contributed by atoms with Crippen LogP contribution in [-0.4, -0.2) is 79.3 Å². The Morgan fingerprint density at radius 1 is 1.08 bits per heavy atom. The minimum absolute atomic E-state index is 0.0777. The number of rotatable bonds is 8. The fourth-order valence-corrected chi connectivity index (χ4v) is 6.70. The van der Waals surface area contributed by atoms with Crippen LogP contribution in [0.2, 0.25) is 0 Å². The number of hydrogen-bond donors (Lipinski definition) is 1. The van der Waals surface area contributed by atoms with Gasteiger partial charge in [-0.1, -0.05) is 20.4 Å². The molecular weight excluding hydrogens is 470 g/mol. The average molecular weight is 510 g/mol. The molecule has 0 aromatic heterocycles. The number of piperidine rings is 1.